The van der Waals surface area contributed by atoms with E-state index in [9.17, 15) is 18.0 Å². The van der Waals surface area contributed by atoms with Crippen molar-refractivity contribution in [3.8, 4) is 0 Å². The van der Waals surface area contributed by atoms with E-state index in [1.807, 2.05) is 0 Å². The number of halogens is 1. The summed E-state index contributed by atoms with van der Waals surface area (Å²) in [6, 6.07) is 7.82. The van der Waals surface area contributed by atoms with Gasteiger partial charge in [0.2, 0.25) is 15.9 Å². The molecule has 1 aromatic carbocycles. The molecule has 1 saturated heterocycles. The van der Waals surface area contributed by atoms with Crippen molar-refractivity contribution >= 4 is 39.1 Å². The monoisotopic (exact) mass is 452 g/mol. The highest BCUT2D eigenvalue weighted by atomic mass is 35.5. The number of anilines is 1. The lowest BCUT2D eigenvalue weighted by Crippen LogP contribution is -2.38. The van der Waals surface area contributed by atoms with Crippen molar-refractivity contribution < 1.29 is 18.0 Å². The van der Waals surface area contributed by atoms with Crippen molar-refractivity contribution in [1.29, 1.82) is 0 Å². The molecule has 0 bridgehead atoms. The Bertz CT molecular complexity index is 1010. The number of carbonyl (C=O) groups is 2. The second-order valence-corrected chi connectivity index (χ2v) is 10.0. The van der Waals surface area contributed by atoms with Gasteiger partial charge in [-0.2, -0.15) is 4.31 Å². The van der Waals surface area contributed by atoms with Crippen LogP contribution in [0.1, 0.15) is 30.3 Å². The molecule has 2 heterocycles. The summed E-state index contributed by atoms with van der Waals surface area (Å²) in [6.45, 7) is 3.10. The zero-order chi connectivity index (χ0) is 21.9. The third-order valence-electron chi connectivity index (χ3n) is 5.16. The largest absolute Gasteiger partial charge is 0.356 e. The number of hydrogen-bond acceptors (Lipinski definition) is 4. The van der Waals surface area contributed by atoms with Gasteiger partial charge in [-0.25, -0.2) is 8.42 Å². The third-order valence-corrected chi connectivity index (χ3v) is 7.19. The molecular weight excluding hydrogens is 428 g/mol. The fraction of sp³-hybridized carbons (Fsp3) is 0.400. The number of aromatic nitrogens is 1. The van der Waals surface area contributed by atoms with E-state index in [0.717, 1.165) is 17.1 Å². The Morgan fingerprint density at radius 1 is 1.23 bits per heavy atom. The van der Waals surface area contributed by atoms with Crippen LogP contribution in [0.25, 0.3) is 0 Å². The standard InChI is InChI=1S/C20H25ClN4O4S/c1-14-7-9-25(10-8-14)20(27)18-11-17(12-22-18)30(28,29)24(2)13-19(26)23-16-5-3-15(21)4-6-16/h3-6,11-12,14,22H,7-10,13H2,1-2H3,(H,23,26). The van der Waals surface area contributed by atoms with E-state index in [1.54, 1.807) is 29.2 Å². The quantitative estimate of drug-likeness (QED) is 0.703. The Hall–Kier alpha value is -2.36. The minimum Gasteiger partial charge on any atom is -0.356 e. The summed E-state index contributed by atoms with van der Waals surface area (Å²) in [5.41, 5.74) is 0.739. The normalized spacial score (nSPS) is 15.4. The average Bonchev–Trinajstić information content (AvgIpc) is 3.21. The highest BCUT2D eigenvalue weighted by molar-refractivity contribution is 7.89. The van der Waals surface area contributed by atoms with Crippen LogP contribution in [-0.4, -0.2) is 61.1 Å². The SMILES string of the molecule is CC1CCN(C(=O)c2cc(S(=O)(=O)N(C)CC(=O)Nc3ccc(Cl)cc3)c[nH]2)CC1. The first-order valence-electron chi connectivity index (χ1n) is 9.66. The first-order chi connectivity index (χ1) is 14.2. The van der Waals surface area contributed by atoms with Crippen LogP contribution in [0.3, 0.4) is 0 Å². The van der Waals surface area contributed by atoms with E-state index < -0.39 is 15.9 Å². The summed E-state index contributed by atoms with van der Waals surface area (Å²) in [4.78, 5) is 29.3. The number of aromatic amines is 1. The first-order valence-corrected chi connectivity index (χ1v) is 11.5. The maximum absolute atomic E-state index is 12.8. The van der Waals surface area contributed by atoms with Gasteiger partial charge in [-0.15, -0.1) is 0 Å². The van der Waals surface area contributed by atoms with Crippen LogP contribution in [0.5, 0.6) is 0 Å². The number of hydrogen-bond donors (Lipinski definition) is 2. The molecule has 162 valence electrons. The van der Waals surface area contributed by atoms with Gasteiger partial charge >= 0.3 is 0 Å². The topological polar surface area (TPSA) is 103 Å². The second kappa shape index (κ2) is 9.20. The molecule has 10 heteroatoms. The lowest BCUT2D eigenvalue weighted by Gasteiger charge is -2.29. The number of sulfonamides is 1. The summed E-state index contributed by atoms with van der Waals surface area (Å²) < 4.78 is 26.5. The second-order valence-electron chi connectivity index (χ2n) is 7.54. The van der Waals surface area contributed by atoms with Gasteiger partial charge in [0, 0.05) is 37.0 Å². The van der Waals surface area contributed by atoms with Crippen LogP contribution in [0, 0.1) is 5.92 Å². The smallest absolute Gasteiger partial charge is 0.270 e. The molecule has 8 nitrogen and oxygen atoms in total. The van der Waals surface area contributed by atoms with Gasteiger partial charge in [-0.1, -0.05) is 18.5 Å². The molecule has 2 amide bonds. The number of likely N-dealkylation sites (N-methyl/N-ethyl adjacent to an activating group) is 1. The molecule has 1 aliphatic heterocycles. The van der Waals surface area contributed by atoms with Crippen molar-refractivity contribution in [2.24, 2.45) is 5.92 Å². The summed E-state index contributed by atoms with van der Waals surface area (Å²) >= 11 is 5.81. The molecule has 30 heavy (non-hydrogen) atoms. The maximum atomic E-state index is 12.8. The number of carbonyl (C=O) groups excluding carboxylic acids is 2. The average molecular weight is 453 g/mol. The molecule has 0 spiro atoms. The minimum absolute atomic E-state index is 0.0574. The van der Waals surface area contributed by atoms with Gasteiger partial charge < -0.3 is 15.2 Å². The van der Waals surface area contributed by atoms with E-state index in [2.05, 4.69) is 17.2 Å². The van der Waals surface area contributed by atoms with Gasteiger partial charge in [-0.05, 0) is 49.1 Å². The maximum Gasteiger partial charge on any atom is 0.270 e. The van der Waals surface area contributed by atoms with Crippen molar-refractivity contribution in [3.05, 3.63) is 47.2 Å². The lowest BCUT2D eigenvalue weighted by molar-refractivity contribution is -0.116. The Labute approximate surface area is 181 Å². The Balaban J connectivity index is 1.64. The molecule has 2 N–H and O–H groups in total. The van der Waals surface area contributed by atoms with Gasteiger partial charge in [0.05, 0.1) is 6.54 Å². The van der Waals surface area contributed by atoms with E-state index in [4.69, 9.17) is 11.6 Å². The number of benzene rings is 1. The summed E-state index contributed by atoms with van der Waals surface area (Å²) in [7, 11) is -2.62. The van der Waals surface area contributed by atoms with Crippen molar-refractivity contribution in [1.82, 2.24) is 14.2 Å². The van der Waals surface area contributed by atoms with E-state index >= 15 is 0 Å². The molecular formula is C20H25ClN4O4S. The Kier molecular flexibility index (Phi) is 6.84. The molecule has 1 aliphatic rings. The Morgan fingerprint density at radius 3 is 2.50 bits per heavy atom. The molecule has 0 saturated carbocycles. The van der Waals surface area contributed by atoms with Crippen LogP contribution in [0.15, 0.2) is 41.4 Å². The van der Waals surface area contributed by atoms with Gasteiger partial charge in [-0.3, -0.25) is 9.59 Å². The zero-order valence-corrected chi connectivity index (χ0v) is 18.5. The Morgan fingerprint density at radius 2 is 1.87 bits per heavy atom. The number of nitrogens with zero attached hydrogens (tertiary/aromatic N) is 2. The van der Waals surface area contributed by atoms with E-state index in [0.29, 0.717) is 29.7 Å². The van der Waals surface area contributed by atoms with E-state index in [-0.39, 0.29) is 23.0 Å². The molecule has 1 aromatic heterocycles. The van der Waals surface area contributed by atoms with Crippen LogP contribution in [0.2, 0.25) is 5.02 Å². The van der Waals surface area contributed by atoms with Crippen LogP contribution in [-0.2, 0) is 14.8 Å². The highest BCUT2D eigenvalue weighted by Crippen LogP contribution is 2.21. The van der Waals surface area contributed by atoms with Crippen LogP contribution < -0.4 is 5.32 Å². The van der Waals surface area contributed by atoms with Crippen molar-refractivity contribution in [2.45, 2.75) is 24.7 Å². The molecule has 0 radical (unpaired) electrons. The number of amides is 2. The number of rotatable bonds is 6. The summed E-state index contributed by atoms with van der Waals surface area (Å²) in [5, 5.41) is 3.15. The predicted octanol–water partition coefficient (Wildman–Crippen LogP) is 2.80. The minimum atomic E-state index is -3.94. The van der Waals surface area contributed by atoms with Gasteiger partial charge in [0.25, 0.3) is 5.91 Å². The fourth-order valence-electron chi connectivity index (χ4n) is 3.23. The molecule has 3 rings (SSSR count). The van der Waals surface area contributed by atoms with Crippen LogP contribution >= 0.6 is 11.6 Å². The number of likely N-dealkylation sites (tertiary alicyclic amines) is 1. The van der Waals surface area contributed by atoms with Crippen molar-refractivity contribution in [3.63, 3.8) is 0 Å². The first kappa shape index (κ1) is 22.3. The molecule has 2 aromatic rings. The third kappa shape index (κ3) is 5.21. The zero-order valence-electron chi connectivity index (χ0n) is 16.9. The molecule has 0 aliphatic carbocycles. The lowest BCUT2D eigenvalue weighted by atomic mass is 9.99. The molecule has 1 fully saturated rings. The van der Waals surface area contributed by atoms with Crippen LogP contribution in [0.4, 0.5) is 5.69 Å². The predicted molar refractivity (Wildman–Crippen MR) is 115 cm³/mol. The van der Waals surface area contributed by atoms with Crippen molar-refractivity contribution in [2.75, 3.05) is 32.0 Å². The summed E-state index contributed by atoms with van der Waals surface area (Å²) in [5.74, 6) is -0.120. The number of H-pyrrole nitrogens is 1. The van der Waals surface area contributed by atoms with Gasteiger partial charge in [0.1, 0.15) is 10.6 Å². The highest BCUT2D eigenvalue weighted by Gasteiger charge is 2.27. The fourth-order valence-corrected chi connectivity index (χ4v) is 4.48. The van der Waals surface area contributed by atoms with E-state index in [1.165, 1.54) is 19.3 Å². The number of piperidine rings is 1. The summed E-state index contributed by atoms with van der Waals surface area (Å²) in [6.07, 6.45) is 3.15. The number of nitrogens with one attached hydrogen (secondary N) is 2. The van der Waals surface area contributed by atoms with Gasteiger partial charge in [0.15, 0.2) is 0 Å². The molecule has 0 atom stereocenters. The molecule has 0 unspecified atom stereocenters.